The summed E-state index contributed by atoms with van der Waals surface area (Å²) in [6, 6.07) is 0.437. The first-order valence-electron chi connectivity index (χ1n) is 8.49. The number of aryl methyl sites for hydroxylation is 1. The maximum atomic E-state index is 12.1. The van der Waals surface area contributed by atoms with E-state index in [4.69, 9.17) is 9.72 Å². The average molecular weight is 305 g/mol. The molecule has 1 fully saturated rings. The minimum atomic E-state index is -0.172. The van der Waals surface area contributed by atoms with Crippen LogP contribution >= 0.6 is 0 Å². The monoisotopic (exact) mass is 305 g/mol. The summed E-state index contributed by atoms with van der Waals surface area (Å²) >= 11 is 0. The van der Waals surface area contributed by atoms with Gasteiger partial charge in [-0.25, -0.2) is 9.78 Å². The van der Waals surface area contributed by atoms with Crippen LogP contribution in [0.5, 0.6) is 0 Å². The van der Waals surface area contributed by atoms with Crippen molar-refractivity contribution in [3.8, 4) is 0 Å². The zero-order chi connectivity index (χ0) is 15.7. The lowest BCUT2D eigenvalue weighted by atomic mass is 9.94. The normalized spacial score (nSPS) is 23.5. The molecule has 3 rings (SSSR count). The van der Waals surface area contributed by atoms with E-state index in [1.807, 2.05) is 6.20 Å². The van der Waals surface area contributed by atoms with Crippen molar-refractivity contribution < 1.29 is 9.53 Å². The van der Waals surface area contributed by atoms with E-state index in [0.717, 1.165) is 51.0 Å². The smallest absolute Gasteiger partial charge is 0.328 e. The van der Waals surface area contributed by atoms with E-state index < -0.39 is 0 Å². The minimum Gasteiger partial charge on any atom is -0.467 e. The molecule has 1 unspecified atom stereocenters. The molecule has 5 heteroatoms. The van der Waals surface area contributed by atoms with Gasteiger partial charge in [-0.15, -0.1) is 0 Å². The van der Waals surface area contributed by atoms with E-state index in [1.54, 1.807) is 0 Å². The van der Waals surface area contributed by atoms with Crippen molar-refractivity contribution in [1.82, 2.24) is 14.5 Å². The van der Waals surface area contributed by atoms with E-state index in [2.05, 4.69) is 23.3 Å². The van der Waals surface area contributed by atoms with Gasteiger partial charge < -0.3 is 14.2 Å². The Morgan fingerprint density at radius 2 is 2.05 bits per heavy atom. The average Bonchev–Trinajstić information content (AvgIpc) is 2.98. The number of rotatable bonds is 3. The van der Waals surface area contributed by atoms with Crippen molar-refractivity contribution in [2.24, 2.45) is 0 Å². The van der Waals surface area contributed by atoms with Gasteiger partial charge in [0.05, 0.1) is 7.11 Å². The lowest BCUT2D eigenvalue weighted by molar-refractivity contribution is -0.145. The maximum Gasteiger partial charge on any atom is 0.328 e. The van der Waals surface area contributed by atoms with Crippen molar-refractivity contribution in [3.63, 3.8) is 0 Å². The van der Waals surface area contributed by atoms with E-state index in [9.17, 15) is 4.79 Å². The number of aromatic nitrogens is 2. The van der Waals surface area contributed by atoms with Gasteiger partial charge in [0, 0.05) is 23.9 Å². The molecular formula is C17H27N3O2. The molecule has 0 bridgehead atoms. The van der Waals surface area contributed by atoms with Crippen molar-refractivity contribution >= 4 is 5.97 Å². The Bertz CT molecular complexity index is 530. The number of ether oxygens (including phenoxy) is 1. The molecule has 1 saturated heterocycles. The molecule has 0 saturated carbocycles. The Morgan fingerprint density at radius 1 is 1.32 bits per heavy atom. The number of hydrogen-bond donors (Lipinski definition) is 0. The van der Waals surface area contributed by atoms with Crippen LogP contribution in [0.25, 0.3) is 0 Å². The van der Waals surface area contributed by atoms with E-state index in [-0.39, 0.29) is 12.0 Å². The van der Waals surface area contributed by atoms with Crippen LogP contribution in [0.3, 0.4) is 0 Å². The molecule has 1 aromatic rings. The Hall–Kier alpha value is -1.36. The second-order valence-electron chi connectivity index (χ2n) is 6.81. The topological polar surface area (TPSA) is 47.4 Å². The number of fused-ring (bicyclic) bond motifs is 1. The summed E-state index contributed by atoms with van der Waals surface area (Å²) in [4.78, 5) is 19.3. The van der Waals surface area contributed by atoms with Crippen molar-refractivity contribution in [2.75, 3.05) is 20.2 Å². The quantitative estimate of drug-likeness (QED) is 0.805. The SMILES string of the molecule is COC(=O)C1CCCc2cnc(C3CCN(C(C)C)CC3)n21. The first kappa shape index (κ1) is 15.5. The predicted molar refractivity (Wildman–Crippen MR) is 84.9 cm³/mol. The van der Waals surface area contributed by atoms with E-state index in [1.165, 1.54) is 12.8 Å². The molecule has 1 atom stereocenters. The van der Waals surface area contributed by atoms with Gasteiger partial charge in [0.25, 0.3) is 0 Å². The number of carbonyl (C=O) groups excluding carboxylic acids is 1. The third kappa shape index (κ3) is 2.78. The molecule has 0 N–H and O–H groups in total. The lowest BCUT2D eigenvalue weighted by Gasteiger charge is -2.35. The summed E-state index contributed by atoms with van der Waals surface area (Å²) in [6.45, 7) is 6.75. The second-order valence-corrected chi connectivity index (χ2v) is 6.81. The van der Waals surface area contributed by atoms with Crippen LogP contribution in [0.2, 0.25) is 0 Å². The number of carbonyl (C=O) groups is 1. The number of likely N-dealkylation sites (tertiary alicyclic amines) is 1. The predicted octanol–water partition coefficient (Wildman–Crippen LogP) is 2.52. The molecule has 1 aromatic heterocycles. The molecule has 5 nitrogen and oxygen atoms in total. The molecule has 0 aromatic carbocycles. The number of imidazole rings is 1. The Morgan fingerprint density at radius 3 is 2.68 bits per heavy atom. The van der Waals surface area contributed by atoms with Crippen LogP contribution < -0.4 is 0 Å². The van der Waals surface area contributed by atoms with Crippen molar-refractivity contribution in [3.05, 3.63) is 17.7 Å². The number of piperidine rings is 1. The Kier molecular flexibility index (Phi) is 4.52. The highest BCUT2D eigenvalue weighted by atomic mass is 16.5. The first-order valence-corrected chi connectivity index (χ1v) is 8.49. The fourth-order valence-corrected chi connectivity index (χ4v) is 3.90. The van der Waals surface area contributed by atoms with Crippen LogP contribution in [0.4, 0.5) is 0 Å². The molecule has 0 radical (unpaired) electrons. The molecule has 3 heterocycles. The van der Waals surface area contributed by atoms with Gasteiger partial charge >= 0.3 is 5.97 Å². The number of hydrogen-bond acceptors (Lipinski definition) is 4. The van der Waals surface area contributed by atoms with Gasteiger partial charge in [0.1, 0.15) is 11.9 Å². The number of methoxy groups -OCH3 is 1. The van der Waals surface area contributed by atoms with Crippen molar-refractivity contribution in [2.45, 2.75) is 64.0 Å². The van der Waals surface area contributed by atoms with Crippen LogP contribution in [0.1, 0.15) is 63.0 Å². The highest BCUT2D eigenvalue weighted by Crippen LogP contribution is 2.34. The maximum absolute atomic E-state index is 12.1. The highest BCUT2D eigenvalue weighted by molar-refractivity contribution is 5.74. The standard InChI is InChI=1S/C17H27N3O2/c1-12(2)19-9-7-13(8-10-19)16-18-11-14-5-4-6-15(20(14)16)17(21)22-3/h11-13,15H,4-10H2,1-3H3. The zero-order valence-corrected chi connectivity index (χ0v) is 13.9. The van der Waals surface area contributed by atoms with Gasteiger partial charge in [-0.3, -0.25) is 0 Å². The van der Waals surface area contributed by atoms with E-state index in [0.29, 0.717) is 12.0 Å². The molecule has 0 amide bonds. The van der Waals surface area contributed by atoms with Crippen LogP contribution in [0, 0.1) is 0 Å². The van der Waals surface area contributed by atoms with Gasteiger partial charge in [-0.1, -0.05) is 0 Å². The largest absolute Gasteiger partial charge is 0.467 e. The molecule has 0 spiro atoms. The van der Waals surface area contributed by atoms with Gasteiger partial charge in [-0.2, -0.15) is 0 Å². The fourth-order valence-electron chi connectivity index (χ4n) is 3.90. The van der Waals surface area contributed by atoms with E-state index >= 15 is 0 Å². The summed E-state index contributed by atoms with van der Waals surface area (Å²) in [5.41, 5.74) is 1.20. The van der Waals surface area contributed by atoms with Gasteiger partial charge in [0.2, 0.25) is 0 Å². The molecule has 22 heavy (non-hydrogen) atoms. The number of esters is 1. The molecular weight excluding hydrogens is 278 g/mol. The summed E-state index contributed by atoms with van der Waals surface area (Å²) in [5, 5.41) is 0. The molecule has 2 aliphatic rings. The third-order valence-electron chi connectivity index (χ3n) is 5.22. The van der Waals surface area contributed by atoms with Crippen LogP contribution in [0.15, 0.2) is 6.20 Å². The zero-order valence-electron chi connectivity index (χ0n) is 13.9. The minimum absolute atomic E-state index is 0.125. The molecule has 2 aliphatic heterocycles. The van der Waals surface area contributed by atoms with Crippen LogP contribution in [-0.2, 0) is 16.0 Å². The van der Waals surface area contributed by atoms with Crippen molar-refractivity contribution in [1.29, 1.82) is 0 Å². The van der Waals surface area contributed by atoms with Gasteiger partial charge in [-0.05, 0) is 59.0 Å². The van der Waals surface area contributed by atoms with Crippen LogP contribution in [-0.4, -0.2) is 46.7 Å². The summed E-state index contributed by atoms with van der Waals surface area (Å²) in [5.74, 6) is 1.45. The lowest BCUT2D eigenvalue weighted by Crippen LogP contribution is -2.39. The summed E-state index contributed by atoms with van der Waals surface area (Å²) in [6.07, 6.45) is 7.15. The second kappa shape index (κ2) is 6.41. The summed E-state index contributed by atoms with van der Waals surface area (Å²) in [7, 11) is 1.48. The first-order chi connectivity index (χ1) is 10.6. The van der Waals surface area contributed by atoms with Gasteiger partial charge in [0.15, 0.2) is 0 Å². The Labute approximate surface area is 132 Å². The Balaban J connectivity index is 1.81. The fraction of sp³-hybridized carbons (Fsp3) is 0.765. The third-order valence-corrected chi connectivity index (χ3v) is 5.22. The molecule has 0 aliphatic carbocycles. The summed E-state index contributed by atoms with van der Waals surface area (Å²) < 4.78 is 7.20. The highest BCUT2D eigenvalue weighted by Gasteiger charge is 2.33. The number of nitrogens with zero attached hydrogens (tertiary/aromatic N) is 3. The molecule has 122 valence electrons.